The van der Waals surface area contributed by atoms with E-state index >= 15 is 0 Å². The quantitative estimate of drug-likeness (QED) is 0.827. The Morgan fingerprint density at radius 3 is 2.58 bits per heavy atom. The molecule has 1 aromatic carbocycles. The van der Waals surface area contributed by atoms with Gasteiger partial charge >= 0.3 is 5.97 Å². The molecule has 0 saturated carbocycles. The van der Waals surface area contributed by atoms with Gasteiger partial charge in [0.1, 0.15) is 5.57 Å². The molecule has 0 bridgehead atoms. The molecular weight excluding hydrogens is 244 g/mol. The summed E-state index contributed by atoms with van der Waals surface area (Å²) < 4.78 is 0. The number of ketones is 1. The molecule has 1 aliphatic heterocycles. The Hall–Kier alpha value is -2.74. The number of rotatable bonds is 3. The van der Waals surface area contributed by atoms with E-state index in [1.165, 1.54) is 0 Å². The van der Waals surface area contributed by atoms with Gasteiger partial charge in [0.05, 0.1) is 18.1 Å². The zero-order chi connectivity index (χ0) is 13.8. The normalized spacial score (nSPS) is 14.4. The first-order valence-electron chi connectivity index (χ1n) is 5.61. The third-order valence-electron chi connectivity index (χ3n) is 2.76. The summed E-state index contributed by atoms with van der Waals surface area (Å²) in [6, 6.07) is 9.00. The number of carbonyl (C=O) groups excluding carboxylic acids is 1. The second-order valence-corrected chi connectivity index (χ2v) is 4.13. The Balaban J connectivity index is 2.14. The van der Waals surface area contributed by atoms with Crippen LogP contribution in [-0.4, -0.2) is 22.6 Å². The highest BCUT2D eigenvalue weighted by Crippen LogP contribution is 2.13. The first kappa shape index (κ1) is 12.7. The number of aliphatic carboxylic acids is 1. The molecule has 0 radical (unpaired) electrons. The van der Waals surface area contributed by atoms with Crippen molar-refractivity contribution in [2.75, 3.05) is 0 Å². The molecule has 0 aromatic heterocycles. The summed E-state index contributed by atoms with van der Waals surface area (Å²) in [6.45, 7) is 0. The van der Waals surface area contributed by atoms with Gasteiger partial charge in [0.15, 0.2) is 5.78 Å². The fourth-order valence-corrected chi connectivity index (χ4v) is 1.77. The van der Waals surface area contributed by atoms with Crippen molar-refractivity contribution >= 4 is 17.5 Å². The zero-order valence-electron chi connectivity index (χ0n) is 9.96. The first-order valence-corrected chi connectivity index (χ1v) is 5.61. The Kier molecular flexibility index (Phi) is 3.53. The summed E-state index contributed by atoms with van der Waals surface area (Å²) in [7, 11) is 0. The molecular formula is C14H10N2O3. The second kappa shape index (κ2) is 5.27. The van der Waals surface area contributed by atoms with Gasteiger partial charge in [0, 0.05) is 18.3 Å². The number of benzene rings is 1. The maximum atomic E-state index is 11.6. The Bertz CT molecular complexity index is 634. The van der Waals surface area contributed by atoms with Crippen LogP contribution in [0.5, 0.6) is 0 Å². The molecule has 5 nitrogen and oxygen atoms in total. The predicted molar refractivity (Wildman–Crippen MR) is 67.6 cm³/mol. The van der Waals surface area contributed by atoms with E-state index in [1.807, 2.05) is 6.07 Å². The van der Waals surface area contributed by atoms with E-state index in [0.717, 1.165) is 11.8 Å². The number of carbonyl (C=O) groups is 2. The van der Waals surface area contributed by atoms with Gasteiger partial charge in [-0.05, 0) is 17.7 Å². The molecule has 0 atom stereocenters. The van der Waals surface area contributed by atoms with Crippen LogP contribution in [-0.2, 0) is 16.0 Å². The van der Waals surface area contributed by atoms with Crippen molar-refractivity contribution in [1.82, 2.24) is 0 Å². The number of hydrogen-bond donors (Lipinski definition) is 1. The number of carboxylic acids is 1. The average molecular weight is 254 g/mol. The molecule has 1 heterocycles. The fourth-order valence-electron chi connectivity index (χ4n) is 1.77. The van der Waals surface area contributed by atoms with Gasteiger partial charge in [-0.25, -0.2) is 4.79 Å². The van der Waals surface area contributed by atoms with Crippen molar-refractivity contribution in [3.8, 4) is 6.07 Å². The number of hydrogen-bond acceptors (Lipinski definition) is 4. The summed E-state index contributed by atoms with van der Waals surface area (Å²) in [5, 5.41) is 17.4. The lowest BCUT2D eigenvalue weighted by atomic mass is 9.98. The van der Waals surface area contributed by atoms with Gasteiger partial charge in [-0.15, -0.1) is 0 Å². The van der Waals surface area contributed by atoms with Crippen LogP contribution in [0.1, 0.15) is 17.5 Å². The number of aliphatic imine (C=N–C) groups is 1. The van der Waals surface area contributed by atoms with E-state index in [-0.39, 0.29) is 12.0 Å². The smallest absolute Gasteiger partial charge is 0.340 e. The van der Waals surface area contributed by atoms with Crippen molar-refractivity contribution in [2.45, 2.75) is 12.8 Å². The number of nitriles is 1. The molecule has 0 unspecified atom stereocenters. The first-order chi connectivity index (χ1) is 9.10. The van der Waals surface area contributed by atoms with Crippen molar-refractivity contribution in [3.05, 3.63) is 47.2 Å². The van der Waals surface area contributed by atoms with Gasteiger partial charge < -0.3 is 5.11 Å². The lowest BCUT2D eigenvalue weighted by Gasteiger charge is -2.10. The van der Waals surface area contributed by atoms with Crippen LogP contribution >= 0.6 is 0 Å². The van der Waals surface area contributed by atoms with E-state index in [0.29, 0.717) is 17.7 Å². The maximum Gasteiger partial charge on any atom is 0.340 e. The molecule has 0 fully saturated rings. The maximum absolute atomic E-state index is 11.6. The Labute approximate surface area is 109 Å². The van der Waals surface area contributed by atoms with E-state index in [9.17, 15) is 9.59 Å². The van der Waals surface area contributed by atoms with Crippen LogP contribution in [0, 0.1) is 11.3 Å². The number of nitrogens with zero attached hydrogens (tertiary/aromatic N) is 2. The van der Waals surface area contributed by atoms with Crippen LogP contribution in [0.2, 0.25) is 0 Å². The van der Waals surface area contributed by atoms with Crippen LogP contribution in [0.25, 0.3) is 0 Å². The van der Waals surface area contributed by atoms with Gasteiger partial charge in [-0.1, -0.05) is 12.1 Å². The van der Waals surface area contributed by atoms with Crippen molar-refractivity contribution < 1.29 is 14.7 Å². The minimum absolute atomic E-state index is 0.0259. The van der Waals surface area contributed by atoms with E-state index in [4.69, 9.17) is 10.4 Å². The van der Waals surface area contributed by atoms with Gasteiger partial charge in [0.2, 0.25) is 0 Å². The molecule has 94 valence electrons. The van der Waals surface area contributed by atoms with E-state index in [1.54, 1.807) is 24.3 Å². The largest absolute Gasteiger partial charge is 0.478 e. The molecule has 0 amide bonds. The Morgan fingerprint density at radius 2 is 2.05 bits per heavy atom. The molecule has 5 heteroatoms. The lowest BCUT2D eigenvalue weighted by molar-refractivity contribution is -0.134. The van der Waals surface area contributed by atoms with Crippen LogP contribution in [0.4, 0.5) is 0 Å². The molecule has 1 N–H and O–H groups in total. The minimum atomic E-state index is -1.24. The number of Topliss-reactive ketones (excluding diaryl/α,β-unsaturated/α-hetero) is 1. The van der Waals surface area contributed by atoms with Crippen LogP contribution < -0.4 is 0 Å². The van der Waals surface area contributed by atoms with E-state index < -0.39 is 11.8 Å². The minimum Gasteiger partial charge on any atom is -0.478 e. The highest BCUT2D eigenvalue weighted by molar-refractivity contribution is 6.23. The third kappa shape index (κ3) is 2.93. The van der Waals surface area contributed by atoms with E-state index in [2.05, 4.69) is 4.99 Å². The summed E-state index contributed by atoms with van der Waals surface area (Å²) in [5.74, 6) is -1.67. The molecule has 1 aromatic rings. The Morgan fingerprint density at radius 1 is 1.37 bits per heavy atom. The molecule has 1 aliphatic rings. The SMILES string of the molecule is N#Cc1ccc(CC2=NC=C(C(=O)O)C(=O)C2)cc1. The van der Waals surface area contributed by atoms with Crippen molar-refractivity contribution in [3.63, 3.8) is 0 Å². The highest BCUT2D eigenvalue weighted by Gasteiger charge is 2.22. The number of carboxylic acid groups (broad SMARTS) is 1. The highest BCUT2D eigenvalue weighted by atomic mass is 16.4. The molecule has 0 spiro atoms. The molecule has 0 saturated heterocycles. The van der Waals surface area contributed by atoms with Crippen LogP contribution in [0.3, 0.4) is 0 Å². The van der Waals surface area contributed by atoms with Gasteiger partial charge in [-0.3, -0.25) is 9.79 Å². The third-order valence-corrected chi connectivity index (χ3v) is 2.76. The lowest BCUT2D eigenvalue weighted by Crippen LogP contribution is -2.20. The summed E-state index contributed by atoms with van der Waals surface area (Å²) in [5.41, 5.74) is 1.85. The van der Waals surface area contributed by atoms with Crippen molar-refractivity contribution in [1.29, 1.82) is 5.26 Å². The average Bonchev–Trinajstić information content (AvgIpc) is 2.39. The molecule has 0 aliphatic carbocycles. The molecule has 19 heavy (non-hydrogen) atoms. The topological polar surface area (TPSA) is 90.5 Å². The van der Waals surface area contributed by atoms with Gasteiger partial charge in [0.25, 0.3) is 0 Å². The summed E-state index contributed by atoms with van der Waals surface area (Å²) >= 11 is 0. The van der Waals surface area contributed by atoms with Gasteiger partial charge in [-0.2, -0.15) is 5.26 Å². The second-order valence-electron chi connectivity index (χ2n) is 4.13. The fraction of sp³-hybridized carbons (Fsp3) is 0.143. The summed E-state index contributed by atoms with van der Waals surface area (Å²) in [6.07, 6.45) is 1.60. The summed E-state index contributed by atoms with van der Waals surface area (Å²) in [4.78, 5) is 26.3. The zero-order valence-corrected chi connectivity index (χ0v) is 9.96. The molecule has 2 rings (SSSR count). The predicted octanol–water partition coefficient (Wildman–Crippen LogP) is 1.48. The van der Waals surface area contributed by atoms with Crippen molar-refractivity contribution in [2.24, 2.45) is 4.99 Å². The standard InChI is InChI=1S/C14H10N2O3/c15-7-10-3-1-9(2-4-10)5-11-6-13(17)12(8-16-11)14(18)19/h1-4,8H,5-6H2,(H,18,19). The monoisotopic (exact) mass is 254 g/mol. The van der Waals surface area contributed by atoms with Crippen LogP contribution in [0.15, 0.2) is 41.0 Å².